The van der Waals surface area contributed by atoms with Gasteiger partial charge in [-0.25, -0.2) is 0 Å². The molecule has 0 N–H and O–H groups in total. The van der Waals surface area contributed by atoms with E-state index in [1.807, 2.05) is 0 Å². The Kier molecular flexibility index (Phi) is 7.57. The van der Waals surface area contributed by atoms with Crippen molar-refractivity contribution in [3.8, 4) is 39.1 Å². The van der Waals surface area contributed by atoms with Crippen LogP contribution in [0.25, 0.3) is 60.9 Å². The lowest BCUT2D eigenvalue weighted by Gasteiger charge is -2.31. The third-order valence-corrected chi connectivity index (χ3v) is 24.7. The third kappa shape index (κ3) is 4.62. The molecule has 3 heteroatoms. The number of para-hydroxylation sites is 1. The van der Waals surface area contributed by atoms with Gasteiger partial charge in [-0.1, -0.05) is 218 Å². The molecule has 14 rings (SSSR count). The molecule has 0 atom stereocenters. The van der Waals surface area contributed by atoms with Crippen molar-refractivity contribution in [1.82, 2.24) is 4.57 Å². The molecule has 3 heterocycles. The summed E-state index contributed by atoms with van der Waals surface area (Å²) in [5.74, 6) is 0. The van der Waals surface area contributed by atoms with Gasteiger partial charge in [-0.15, -0.1) is 0 Å². The quantitative estimate of drug-likeness (QED) is 0.153. The zero-order chi connectivity index (χ0) is 42.0. The summed E-state index contributed by atoms with van der Waals surface area (Å²) < 4.78 is 2.58. The third-order valence-electron chi connectivity index (χ3n) is 15.0. The van der Waals surface area contributed by atoms with Gasteiger partial charge in [0.2, 0.25) is 0 Å². The van der Waals surface area contributed by atoms with Gasteiger partial charge in [0.1, 0.15) is 0 Å². The standard InChI is InChI=1S/C61H41NSi2/c1-4-18-43(19-5-1)62-55-37-35-47(64(45-22-8-3-9-23-45)58-30-16-12-26-50(58)51-27-13-17-31-59(51)64)40-54(55)52-36-33-42-38-41-32-34-46(39-53(41)60(42)61(52)62)63(44-20-6-2-7-21-44)56-28-14-10-24-48(56)49-25-11-15-29-57(49)63/h1-37,39-40H,38H2. The summed E-state index contributed by atoms with van der Waals surface area (Å²) in [7, 11) is -5.39. The van der Waals surface area contributed by atoms with Crippen LogP contribution in [0.15, 0.2) is 237 Å². The van der Waals surface area contributed by atoms with Gasteiger partial charge in [-0.3, -0.25) is 0 Å². The number of rotatable bonds is 5. The minimum Gasteiger partial charge on any atom is -0.309 e. The van der Waals surface area contributed by atoms with Gasteiger partial charge in [-0.2, -0.15) is 0 Å². The van der Waals surface area contributed by atoms with E-state index < -0.39 is 16.1 Å². The van der Waals surface area contributed by atoms with Crippen LogP contribution in [0.4, 0.5) is 0 Å². The van der Waals surface area contributed by atoms with E-state index in [1.165, 1.54) is 113 Å². The molecular formula is C61H41NSi2. The fourth-order valence-corrected chi connectivity index (χ4v) is 22.9. The van der Waals surface area contributed by atoms with Gasteiger partial charge in [0, 0.05) is 22.0 Å². The predicted octanol–water partition coefficient (Wildman–Crippen LogP) is 9.07. The normalized spacial score (nSPS) is 14.4. The highest BCUT2D eigenvalue weighted by Gasteiger charge is 2.50. The zero-order valence-corrected chi connectivity index (χ0v) is 37.2. The van der Waals surface area contributed by atoms with E-state index in [1.54, 1.807) is 0 Å². The second-order valence-electron chi connectivity index (χ2n) is 17.9. The summed E-state index contributed by atoms with van der Waals surface area (Å²) in [5, 5.41) is 14.3. The van der Waals surface area contributed by atoms with E-state index in [0.29, 0.717) is 0 Å². The monoisotopic (exact) mass is 843 g/mol. The molecule has 298 valence electrons. The lowest BCUT2D eigenvalue weighted by Crippen LogP contribution is -2.72. The molecule has 64 heavy (non-hydrogen) atoms. The zero-order valence-electron chi connectivity index (χ0n) is 35.2. The van der Waals surface area contributed by atoms with E-state index in [4.69, 9.17) is 0 Å². The number of aromatic nitrogens is 1. The van der Waals surface area contributed by atoms with Crippen LogP contribution in [-0.2, 0) is 6.42 Å². The van der Waals surface area contributed by atoms with Gasteiger partial charge in [-0.05, 0) is 105 Å². The fraction of sp³-hybridized carbons (Fsp3) is 0.0164. The van der Waals surface area contributed by atoms with Crippen molar-refractivity contribution in [2.24, 2.45) is 0 Å². The van der Waals surface area contributed by atoms with Crippen LogP contribution in [0.2, 0.25) is 0 Å². The topological polar surface area (TPSA) is 4.93 Å². The number of fused-ring (bicyclic) bond motifs is 13. The van der Waals surface area contributed by atoms with E-state index in [-0.39, 0.29) is 0 Å². The van der Waals surface area contributed by atoms with Gasteiger partial charge in [0.25, 0.3) is 0 Å². The maximum absolute atomic E-state index is 2.70. The highest BCUT2D eigenvalue weighted by Crippen LogP contribution is 2.46. The van der Waals surface area contributed by atoms with Crippen LogP contribution in [0, 0.1) is 0 Å². The second kappa shape index (κ2) is 13.5. The van der Waals surface area contributed by atoms with Crippen molar-refractivity contribution in [2.45, 2.75) is 6.42 Å². The first-order valence-corrected chi connectivity index (χ1v) is 26.6. The lowest BCUT2D eigenvalue weighted by molar-refractivity contribution is 1.18. The highest BCUT2D eigenvalue weighted by atomic mass is 28.3. The molecule has 0 unspecified atom stereocenters. The summed E-state index contributed by atoms with van der Waals surface area (Å²) in [4.78, 5) is 0. The Balaban J connectivity index is 1.06. The van der Waals surface area contributed by atoms with Gasteiger partial charge in [0.15, 0.2) is 16.1 Å². The van der Waals surface area contributed by atoms with Gasteiger partial charge < -0.3 is 4.57 Å². The van der Waals surface area contributed by atoms with Gasteiger partial charge >= 0.3 is 0 Å². The minimum atomic E-state index is -2.70. The molecule has 0 saturated heterocycles. The Bertz CT molecular complexity index is 3610. The van der Waals surface area contributed by atoms with E-state index in [9.17, 15) is 0 Å². The molecule has 0 fully saturated rings. The Labute approximate surface area is 375 Å². The SMILES string of the molecule is c1ccc(-n2c3ccc([Si]4(c5ccccc5)c5ccccc5-c5ccccc54)cc3c3ccc4c(c32)-c2cc([Si]3(c5ccccc5)c5ccccc5-c5ccccc53)ccc2C4)cc1. The van der Waals surface area contributed by atoms with Crippen molar-refractivity contribution < 1.29 is 0 Å². The van der Waals surface area contributed by atoms with Crippen LogP contribution >= 0.6 is 0 Å². The summed E-state index contributed by atoms with van der Waals surface area (Å²) in [6.07, 6.45) is 0.924. The second-order valence-corrected chi connectivity index (χ2v) is 25.3. The summed E-state index contributed by atoms with van der Waals surface area (Å²) >= 11 is 0. The van der Waals surface area contributed by atoms with Crippen molar-refractivity contribution in [2.75, 3.05) is 0 Å². The number of nitrogens with zero attached hydrogens (tertiary/aromatic N) is 1. The predicted molar refractivity (Wildman–Crippen MR) is 274 cm³/mol. The number of hydrogen-bond acceptors (Lipinski definition) is 0. The Morgan fingerprint density at radius 1 is 0.312 bits per heavy atom. The van der Waals surface area contributed by atoms with Crippen LogP contribution < -0.4 is 41.5 Å². The molecule has 1 aliphatic carbocycles. The minimum absolute atomic E-state index is 0.924. The lowest BCUT2D eigenvalue weighted by atomic mass is 10.0. The van der Waals surface area contributed by atoms with Crippen molar-refractivity contribution in [3.05, 3.63) is 248 Å². The molecule has 11 aromatic rings. The molecule has 1 aromatic heterocycles. The van der Waals surface area contributed by atoms with Crippen molar-refractivity contribution >= 4 is 79.4 Å². The molecule has 10 aromatic carbocycles. The summed E-state index contributed by atoms with van der Waals surface area (Å²) in [5.41, 5.74) is 14.8. The van der Waals surface area contributed by atoms with Crippen LogP contribution in [0.5, 0.6) is 0 Å². The Hall–Kier alpha value is -7.57. The average molecular weight is 844 g/mol. The largest absolute Gasteiger partial charge is 0.309 e. The van der Waals surface area contributed by atoms with Crippen molar-refractivity contribution in [3.63, 3.8) is 0 Å². The molecule has 1 nitrogen and oxygen atoms in total. The maximum atomic E-state index is 2.63. The first-order chi connectivity index (χ1) is 31.8. The maximum Gasteiger partial charge on any atom is 0.180 e. The number of benzene rings is 10. The summed E-state index contributed by atoms with van der Waals surface area (Å²) in [6, 6.07) is 90.8. The van der Waals surface area contributed by atoms with Crippen LogP contribution in [0.1, 0.15) is 11.1 Å². The molecule has 0 bridgehead atoms. The molecule has 0 saturated carbocycles. The molecule has 2 aliphatic heterocycles. The first kappa shape index (κ1) is 36.0. The molecule has 3 aliphatic rings. The van der Waals surface area contributed by atoms with E-state index in [0.717, 1.165) is 6.42 Å². The average Bonchev–Trinajstić information content (AvgIpc) is 4.09. The molecule has 0 amide bonds. The smallest absolute Gasteiger partial charge is 0.180 e. The van der Waals surface area contributed by atoms with Crippen molar-refractivity contribution in [1.29, 1.82) is 0 Å². The molecule has 0 radical (unpaired) electrons. The molecule has 0 spiro atoms. The fourth-order valence-electron chi connectivity index (χ4n) is 12.5. The van der Waals surface area contributed by atoms with E-state index in [2.05, 4.69) is 241 Å². The number of hydrogen-bond donors (Lipinski definition) is 0. The van der Waals surface area contributed by atoms with Gasteiger partial charge in [0.05, 0.1) is 11.0 Å². The van der Waals surface area contributed by atoms with Crippen LogP contribution in [-0.4, -0.2) is 20.7 Å². The van der Waals surface area contributed by atoms with Crippen LogP contribution in [0.3, 0.4) is 0 Å². The highest BCUT2D eigenvalue weighted by molar-refractivity contribution is 7.23. The Morgan fingerprint density at radius 3 is 1.28 bits per heavy atom. The van der Waals surface area contributed by atoms with E-state index >= 15 is 0 Å². The molecular weight excluding hydrogens is 803 g/mol. The Morgan fingerprint density at radius 2 is 0.750 bits per heavy atom. The first-order valence-electron chi connectivity index (χ1n) is 22.6. The summed E-state index contributed by atoms with van der Waals surface area (Å²) in [6.45, 7) is 0.